The highest BCUT2D eigenvalue weighted by atomic mass is 19.1. The van der Waals surface area contributed by atoms with Gasteiger partial charge in [-0.05, 0) is 25.3 Å². The zero-order chi connectivity index (χ0) is 13.3. The van der Waals surface area contributed by atoms with Crippen molar-refractivity contribution < 1.29 is 4.39 Å². The molecule has 0 unspecified atom stereocenters. The molecule has 0 spiro atoms. The van der Waals surface area contributed by atoms with Gasteiger partial charge < -0.3 is 0 Å². The largest absolute Gasteiger partial charge is 0.249 e. The van der Waals surface area contributed by atoms with E-state index in [2.05, 4.69) is 17.0 Å². The van der Waals surface area contributed by atoms with Crippen LogP contribution in [0.3, 0.4) is 0 Å². The van der Waals surface area contributed by atoms with Crippen LogP contribution >= 0.6 is 0 Å². The fraction of sp³-hybridized carbons (Fsp3) is 0.467. The lowest BCUT2D eigenvalue weighted by Gasteiger charge is -2.17. The van der Waals surface area contributed by atoms with E-state index in [0.29, 0.717) is 0 Å². The zero-order valence-electron chi connectivity index (χ0n) is 11.1. The van der Waals surface area contributed by atoms with Crippen LogP contribution in [-0.2, 0) is 12.0 Å². The Morgan fingerprint density at radius 1 is 1.32 bits per heavy atom. The van der Waals surface area contributed by atoms with Crippen molar-refractivity contribution in [2.75, 3.05) is 0 Å². The monoisotopic (exact) mass is 259 g/mol. The maximum absolute atomic E-state index is 14.0. The molecule has 1 aromatic heterocycles. The van der Waals surface area contributed by atoms with Crippen LogP contribution in [0.25, 0.3) is 0 Å². The summed E-state index contributed by atoms with van der Waals surface area (Å²) < 4.78 is 16.0. The Labute approximate surface area is 112 Å². The molecule has 1 aliphatic rings. The van der Waals surface area contributed by atoms with Crippen LogP contribution < -0.4 is 0 Å². The third kappa shape index (κ3) is 2.05. The maximum atomic E-state index is 14.0. The van der Waals surface area contributed by atoms with Gasteiger partial charge in [0, 0.05) is 12.1 Å². The van der Waals surface area contributed by atoms with E-state index in [9.17, 15) is 4.39 Å². The van der Waals surface area contributed by atoms with E-state index >= 15 is 0 Å². The Morgan fingerprint density at radius 2 is 2.11 bits per heavy atom. The molecule has 2 aromatic rings. The topological polar surface area (TPSA) is 30.7 Å². The lowest BCUT2D eigenvalue weighted by Crippen LogP contribution is -2.19. The van der Waals surface area contributed by atoms with Crippen molar-refractivity contribution in [2.24, 2.45) is 0 Å². The Balaban J connectivity index is 1.98. The maximum Gasteiger partial charge on any atom is 0.138 e. The summed E-state index contributed by atoms with van der Waals surface area (Å²) in [5, 5.41) is 4.30. The number of rotatable bonds is 5. The van der Waals surface area contributed by atoms with E-state index in [-0.39, 0.29) is 11.2 Å². The summed E-state index contributed by atoms with van der Waals surface area (Å²) in [5.41, 5.74) is 0.524. The number of aromatic nitrogens is 3. The average molecular weight is 259 g/mol. The summed E-state index contributed by atoms with van der Waals surface area (Å²) in [5.74, 6) is 0.788. The first-order chi connectivity index (χ1) is 9.28. The van der Waals surface area contributed by atoms with Crippen LogP contribution in [0.15, 0.2) is 30.6 Å². The molecule has 1 heterocycles. The van der Waals surface area contributed by atoms with Gasteiger partial charge in [-0.2, -0.15) is 5.10 Å². The van der Waals surface area contributed by atoms with Crippen LogP contribution in [0.4, 0.5) is 4.39 Å². The van der Waals surface area contributed by atoms with Gasteiger partial charge in [-0.3, -0.25) is 0 Å². The summed E-state index contributed by atoms with van der Waals surface area (Å²) in [6.45, 7) is 3.02. The first-order valence-corrected chi connectivity index (χ1v) is 6.91. The molecule has 3 rings (SSSR count). The van der Waals surface area contributed by atoms with Crippen LogP contribution in [0.5, 0.6) is 0 Å². The average Bonchev–Trinajstić information content (AvgIpc) is 3.08. The van der Waals surface area contributed by atoms with Gasteiger partial charge in [0.15, 0.2) is 0 Å². The minimum Gasteiger partial charge on any atom is -0.249 e. The number of hydrogen-bond acceptors (Lipinski definition) is 2. The molecule has 100 valence electrons. The lowest BCUT2D eigenvalue weighted by molar-refractivity contribution is 0.513. The van der Waals surface area contributed by atoms with Crippen molar-refractivity contribution in [3.8, 4) is 0 Å². The first kappa shape index (κ1) is 12.3. The van der Waals surface area contributed by atoms with Gasteiger partial charge >= 0.3 is 0 Å². The summed E-state index contributed by atoms with van der Waals surface area (Å²) in [4.78, 5) is 4.41. The second-order valence-corrected chi connectivity index (χ2v) is 5.22. The van der Waals surface area contributed by atoms with Gasteiger partial charge in [0.1, 0.15) is 18.0 Å². The van der Waals surface area contributed by atoms with Crippen LogP contribution in [-0.4, -0.2) is 14.8 Å². The van der Waals surface area contributed by atoms with E-state index in [1.807, 2.05) is 16.8 Å². The third-order valence-corrected chi connectivity index (χ3v) is 3.91. The molecule has 1 aromatic carbocycles. The lowest BCUT2D eigenvalue weighted by atomic mass is 9.94. The van der Waals surface area contributed by atoms with Gasteiger partial charge in [0.05, 0.1) is 5.41 Å². The Kier molecular flexibility index (Phi) is 3.09. The minimum atomic E-state index is -0.240. The normalized spacial score (nSPS) is 16.5. The van der Waals surface area contributed by atoms with E-state index in [1.54, 1.807) is 12.4 Å². The van der Waals surface area contributed by atoms with E-state index in [0.717, 1.165) is 43.6 Å². The number of halogens is 1. The Bertz CT molecular complexity index is 572. The van der Waals surface area contributed by atoms with Crippen molar-refractivity contribution in [2.45, 2.75) is 44.6 Å². The molecular formula is C15H18FN3. The molecule has 1 fully saturated rings. The molecule has 0 saturated heterocycles. The first-order valence-electron chi connectivity index (χ1n) is 6.91. The molecule has 0 aliphatic heterocycles. The van der Waals surface area contributed by atoms with Gasteiger partial charge in [0.25, 0.3) is 0 Å². The highest BCUT2D eigenvalue weighted by Gasteiger charge is 2.51. The number of aryl methyl sites for hydroxylation is 1. The smallest absolute Gasteiger partial charge is 0.138 e. The second-order valence-electron chi connectivity index (χ2n) is 5.22. The molecule has 4 heteroatoms. The van der Waals surface area contributed by atoms with Crippen molar-refractivity contribution >= 4 is 0 Å². The SMILES string of the molecule is CCCCn1ncnc1C1(c2ccccc2F)CC1. The van der Waals surface area contributed by atoms with Gasteiger partial charge in [-0.15, -0.1) is 0 Å². The number of hydrogen-bond donors (Lipinski definition) is 0. The van der Waals surface area contributed by atoms with E-state index in [4.69, 9.17) is 0 Å². The second kappa shape index (κ2) is 4.76. The standard InChI is InChI=1S/C15H18FN3/c1-2-3-10-19-14(17-11-18-19)15(8-9-15)12-6-4-5-7-13(12)16/h4-7,11H,2-3,8-10H2,1H3. The zero-order valence-corrected chi connectivity index (χ0v) is 11.1. The molecule has 0 radical (unpaired) electrons. The van der Waals surface area contributed by atoms with E-state index < -0.39 is 0 Å². The summed E-state index contributed by atoms with van der Waals surface area (Å²) in [7, 11) is 0. The van der Waals surface area contributed by atoms with Crippen molar-refractivity contribution in [1.29, 1.82) is 0 Å². The molecule has 1 aliphatic carbocycles. The summed E-state index contributed by atoms with van der Waals surface area (Å²) >= 11 is 0. The van der Waals surface area contributed by atoms with Crippen molar-refractivity contribution in [3.63, 3.8) is 0 Å². The van der Waals surface area contributed by atoms with Gasteiger partial charge in [-0.25, -0.2) is 14.1 Å². The molecule has 0 bridgehead atoms. The predicted octanol–water partition coefficient (Wildman–Crippen LogP) is 3.30. The summed E-state index contributed by atoms with van der Waals surface area (Å²) in [6.07, 6.45) is 5.69. The highest BCUT2D eigenvalue weighted by Crippen LogP contribution is 2.53. The van der Waals surface area contributed by atoms with Crippen LogP contribution in [0, 0.1) is 5.82 Å². The molecule has 3 nitrogen and oxygen atoms in total. The molecule has 0 N–H and O–H groups in total. The van der Waals surface area contributed by atoms with Gasteiger partial charge in [-0.1, -0.05) is 31.5 Å². The van der Waals surface area contributed by atoms with Gasteiger partial charge in [0.2, 0.25) is 0 Å². The molecule has 0 atom stereocenters. The number of nitrogens with zero attached hydrogens (tertiary/aromatic N) is 3. The Hall–Kier alpha value is -1.71. The van der Waals surface area contributed by atoms with Crippen LogP contribution in [0.2, 0.25) is 0 Å². The fourth-order valence-corrected chi connectivity index (χ4v) is 2.69. The van der Waals surface area contributed by atoms with E-state index in [1.165, 1.54) is 6.07 Å². The number of unbranched alkanes of at least 4 members (excludes halogenated alkanes) is 1. The molecular weight excluding hydrogens is 241 g/mol. The molecule has 0 amide bonds. The quantitative estimate of drug-likeness (QED) is 0.825. The molecule has 19 heavy (non-hydrogen) atoms. The van der Waals surface area contributed by atoms with Crippen molar-refractivity contribution in [3.05, 3.63) is 47.8 Å². The summed E-state index contributed by atoms with van der Waals surface area (Å²) in [6, 6.07) is 7.03. The third-order valence-electron chi connectivity index (χ3n) is 3.91. The predicted molar refractivity (Wildman–Crippen MR) is 71.3 cm³/mol. The fourth-order valence-electron chi connectivity index (χ4n) is 2.69. The highest BCUT2D eigenvalue weighted by molar-refractivity contribution is 5.40. The van der Waals surface area contributed by atoms with Crippen molar-refractivity contribution in [1.82, 2.24) is 14.8 Å². The molecule has 1 saturated carbocycles. The number of benzene rings is 1. The Morgan fingerprint density at radius 3 is 2.79 bits per heavy atom. The van der Waals surface area contributed by atoms with Crippen LogP contribution in [0.1, 0.15) is 44.0 Å². The minimum absolute atomic E-state index is 0.134.